The Balaban J connectivity index is 1.79. The zero-order chi connectivity index (χ0) is 19.8. The second-order valence-corrected chi connectivity index (χ2v) is 9.73. The third kappa shape index (κ3) is 2.17. The minimum Gasteiger partial charge on any atom is -0.393 e. The number of aliphatic hydroxyl groups excluding tert-OH is 2. The summed E-state index contributed by atoms with van der Waals surface area (Å²) in [5.74, 6) is 0.409. The fourth-order valence-corrected chi connectivity index (χ4v) is 7.17. The highest BCUT2D eigenvalue weighted by molar-refractivity contribution is 6.01. The van der Waals surface area contributed by atoms with E-state index in [2.05, 4.69) is 20.4 Å². The Morgan fingerprint density at radius 1 is 1.33 bits per heavy atom. The van der Waals surface area contributed by atoms with E-state index in [1.165, 1.54) is 0 Å². The highest BCUT2D eigenvalue weighted by Crippen LogP contribution is 2.70. The number of ketones is 2. The SMILES string of the molecule is C=C1CC2C3CCC4=CC(=O)C=CC4(C)C3C(O)CC2(C)C1(C)C(=O)CO. The summed E-state index contributed by atoms with van der Waals surface area (Å²) in [5, 5.41) is 20.9. The number of carbonyl (C=O) groups excluding carboxylic acids is 2. The molecule has 3 fully saturated rings. The molecule has 2 N–H and O–H groups in total. The van der Waals surface area contributed by atoms with E-state index in [0.29, 0.717) is 6.42 Å². The van der Waals surface area contributed by atoms with Gasteiger partial charge in [-0.1, -0.05) is 37.6 Å². The topological polar surface area (TPSA) is 74.6 Å². The summed E-state index contributed by atoms with van der Waals surface area (Å²) >= 11 is 0. The number of hydrogen-bond donors (Lipinski definition) is 2. The van der Waals surface area contributed by atoms with Crippen LogP contribution in [0.3, 0.4) is 0 Å². The van der Waals surface area contributed by atoms with Crippen molar-refractivity contribution < 1.29 is 19.8 Å². The van der Waals surface area contributed by atoms with Gasteiger partial charge in [-0.3, -0.25) is 9.59 Å². The molecule has 146 valence electrons. The van der Waals surface area contributed by atoms with Crippen LogP contribution in [0.2, 0.25) is 0 Å². The molecular formula is C23H30O4. The van der Waals surface area contributed by atoms with Crippen LogP contribution in [0.1, 0.15) is 46.5 Å². The first-order chi connectivity index (χ1) is 12.6. The Morgan fingerprint density at radius 2 is 2.04 bits per heavy atom. The Hall–Kier alpha value is -1.52. The lowest BCUT2D eigenvalue weighted by Gasteiger charge is -2.60. The molecule has 0 aliphatic heterocycles. The molecule has 0 amide bonds. The fraction of sp³-hybridized carbons (Fsp3) is 0.652. The molecule has 4 rings (SSSR count). The van der Waals surface area contributed by atoms with E-state index in [1.807, 2.05) is 13.0 Å². The molecular weight excluding hydrogens is 340 g/mol. The van der Waals surface area contributed by atoms with Crippen LogP contribution in [0.15, 0.2) is 36.0 Å². The van der Waals surface area contributed by atoms with Crippen LogP contribution in [0, 0.1) is 34.0 Å². The zero-order valence-corrected chi connectivity index (χ0v) is 16.5. The maximum atomic E-state index is 12.7. The van der Waals surface area contributed by atoms with Crippen LogP contribution < -0.4 is 0 Å². The Kier molecular flexibility index (Phi) is 4.00. The van der Waals surface area contributed by atoms with Crippen molar-refractivity contribution in [2.45, 2.75) is 52.6 Å². The summed E-state index contributed by atoms with van der Waals surface area (Å²) in [6, 6.07) is 0. The summed E-state index contributed by atoms with van der Waals surface area (Å²) in [5.41, 5.74) is 0.510. The van der Waals surface area contributed by atoms with E-state index in [4.69, 9.17) is 0 Å². The van der Waals surface area contributed by atoms with Gasteiger partial charge >= 0.3 is 0 Å². The van der Waals surface area contributed by atoms with Crippen LogP contribution in [0.5, 0.6) is 0 Å². The second-order valence-electron chi connectivity index (χ2n) is 9.73. The van der Waals surface area contributed by atoms with Gasteiger partial charge in [0.05, 0.1) is 11.5 Å². The summed E-state index contributed by atoms with van der Waals surface area (Å²) in [6.07, 6.45) is 7.89. The number of hydrogen-bond acceptors (Lipinski definition) is 4. The monoisotopic (exact) mass is 370 g/mol. The molecule has 0 aromatic carbocycles. The van der Waals surface area contributed by atoms with Crippen LogP contribution in [0.4, 0.5) is 0 Å². The first kappa shape index (κ1) is 18.8. The van der Waals surface area contributed by atoms with E-state index in [9.17, 15) is 19.8 Å². The molecule has 7 atom stereocenters. The van der Waals surface area contributed by atoms with Crippen LogP contribution in [-0.4, -0.2) is 34.5 Å². The molecule has 27 heavy (non-hydrogen) atoms. The number of Topliss-reactive ketones (excluding diaryl/α,β-unsaturated/α-hetero) is 1. The van der Waals surface area contributed by atoms with Gasteiger partial charge in [0.1, 0.15) is 6.61 Å². The average Bonchev–Trinajstić information content (AvgIpc) is 2.82. The first-order valence-corrected chi connectivity index (χ1v) is 10.0. The van der Waals surface area contributed by atoms with Gasteiger partial charge in [-0.25, -0.2) is 0 Å². The molecule has 0 spiro atoms. The van der Waals surface area contributed by atoms with Gasteiger partial charge in [-0.2, -0.15) is 0 Å². The molecule has 0 heterocycles. The fourth-order valence-electron chi connectivity index (χ4n) is 7.17. The molecule has 0 saturated heterocycles. The highest BCUT2D eigenvalue weighted by Gasteiger charge is 2.67. The molecule has 4 heteroatoms. The van der Waals surface area contributed by atoms with E-state index in [-0.39, 0.29) is 34.7 Å². The summed E-state index contributed by atoms with van der Waals surface area (Å²) < 4.78 is 0. The van der Waals surface area contributed by atoms with Crippen molar-refractivity contribution in [2.24, 2.45) is 34.0 Å². The third-order valence-electron chi connectivity index (χ3n) is 8.90. The van der Waals surface area contributed by atoms with Crippen LogP contribution in [0.25, 0.3) is 0 Å². The van der Waals surface area contributed by atoms with E-state index in [1.54, 1.807) is 12.2 Å². The Morgan fingerprint density at radius 3 is 2.70 bits per heavy atom. The van der Waals surface area contributed by atoms with Crippen molar-refractivity contribution in [1.29, 1.82) is 0 Å². The maximum absolute atomic E-state index is 12.7. The van der Waals surface area contributed by atoms with Crippen LogP contribution >= 0.6 is 0 Å². The van der Waals surface area contributed by atoms with Crippen molar-refractivity contribution >= 4 is 11.6 Å². The lowest BCUT2D eigenvalue weighted by atomic mass is 9.45. The normalized spacial score (nSPS) is 48.6. The summed E-state index contributed by atoms with van der Waals surface area (Å²) in [6.45, 7) is 9.91. The lowest BCUT2D eigenvalue weighted by molar-refractivity contribution is -0.153. The van der Waals surface area contributed by atoms with Crippen molar-refractivity contribution in [3.63, 3.8) is 0 Å². The van der Waals surface area contributed by atoms with Gasteiger partial charge in [0.25, 0.3) is 0 Å². The van der Waals surface area contributed by atoms with Gasteiger partial charge in [-0.15, -0.1) is 0 Å². The van der Waals surface area contributed by atoms with Gasteiger partial charge in [-0.05, 0) is 62.0 Å². The minimum atomic E-state index is -0.798. The van der Waals surface area contributed by atoms with E-state index in [0.717, 1.165) is 30.4 Å². The predicted molar refractivity (Wildman–Crippen MR) is 103 cm³/mol. The number of carbonyl (C=O) groups is 2. The Labute approximate surface area is 161 Å². The molecule has 0 radical (unpaired) electrons. The standard InChI is InChI=1S/C23H30O4/c1-13-9-17-16-6-5-14-10-15(25)7-8-21(14,2)20(16)18(26)11-22(17,3)23(13,4)19(27)12-24/h7-8,10,16-18,20,24,26H,1,5-6,9,11-12H2,2-4H3. The quantitative estimate of drug-likeness (QED) is 0.733. The summed E-state index contributed by atoms with van der Waals surface area (Å²) in [4.78, 5) is 24.6. The van der Waals surface area contributed by atoms with Gasteiger partial charge in [0, 0.05) is 11.3 Å². The maximum Gasteiger partial charge on any atom is 0.178 e. The summed E-state index contributed by atoms with van der Waals surface area (Å²) in [7, 11) is 0. The molecule has 4 aliphatic rings. The molecule has 4 aliphatic carbocycles. The van der Waals surface area contributed by atoms with E-state index < -0.39 is 23.5 Å². The molecule has 0 aromatic rings. The smallest absolute Gasteiger partial charge is 0.178 e. The van der Waals surface area contributed by atoms with Crippen molar-refractivity contribution in [3.05, 3.63) is 36.0 Å². The Bertz CT molecular complexity index is 792. The molecule has 3 saturated carbocycles. The van der Waals surface area contributed by atoms with Gasteiger partial charge < -0.3 is 10.2 Å². The zero-order valence-electron chi connectivity index (χ0n) is 16.5. The number of rotatable bonds is 2. The van der Waals surface area contributed by atoms with E-state index >= 15 is 0 Å². The molecule has 0 aromatic heterocycles. The molecule has 4 nitrogen and oxygen atoms in total. The third-order valence-corrected chi connectivity index (χ3v) is 8.90. The van der Waals surface area contributed by atoms with Crippen molar-refractivity contribution in [2.75, 3.05) is 6.61 Å². The van der Waals surface area contributed by atoms with Crippen molar-refractivity contribution in [1.82, 2.24) is 0 Å². The lowest BCUT2D eigenvalue weighted by Crippen LogP contribution is -2.58. The number of aliphatic hydroxyl groups is 2. The highest BCUT2D eigenvalue weighted by atomic mass is 16.3. The molecule has 7 unspecified atom stereocenters. The number of allylic oxidation sites excluding steroid dienone is 5. The van der Waals surface area contributed by atoms with Gasteiger partial charge in [0.15, 0.2) is 11.6 Å². The minimum absolute atomic E-state index is 0.0337. The predicted octanol–water partition coefficient (Wildman–Crippen LogP) is 3.00. The second kappa shape index (κ2) is 5.74. The molecule has 0 bridgehead atoms. The van der Waals surface area contributed by atoms with Crippen LogP contribution in [-0.2, 0) is 9.59 Å². The first-order valence-electron chi connectivity index (χ1n) is 10.0. The number of fused-ring (bicyclic) bond motifs is 5. The van der Waals surface area contributed by atoms with Gasteiger partial charge in [0.2, 0.25) is 0 Å². The largest absolute Gasteiger partial charge is 0.393 e. The van der Waals surface area contributed by atoms with Crippen molar-refractivity contribution in [3.8, 4) is 0 Å². The average molecular weight is 370 g/mol.